The summed E-state index contributed by atoms with van der Waals surface area (Å²) in [6.45, 7) is 6.04. The van der Waals surface area contributed by atoms with Gasteiger partial charge in [0.15, 0.2) is 0 Å². The predicted molar refractivity (Wildman–Crippen MR) is 119 cm³/mol. The van der Waals surface area contributed by atoms with Crippen LogP contribution in [-0.4, -0.2) is 64.7 Å². The summed E-state index contributed by atoms with van der Waals surface area (Å²) >= 11 is 5.94. The number of halogens is 1. The van der Waals surface area contributed by atoms with E-state index in [1.165, 1.54) is 4.90 Å². The van der Waals surface area contributed by atoms with Crippen LogP contribution < -0.4 is 10.6 Å². The largest absolute Gasteiger partial charge is 0.395 e. The van der Waals surface area contributed by atoms with E-state index in [1.807, 2.05) is 20.8 Å². The second kappa shape index (κ2) is 8.32. The van der Waals surface area contributed by atoms with Gasteiger partial charge in [0, 0.05) is 23.8 Å². The monoisotopic (exact) mass is 463 g/mol. The van der Waals surface area contributed by atoms with Crippen molar-refractivity contribution in [3.05, 3.63) is 29.3 Å². The second-order valence-corrected chi connectivity index (χ2v) is 9.68. The van der Waals surface area contributed by atoms with Gasteiger partial charge in [-0.1, -0.05) is 25.4 Å². The number of rotatable bonds is 7. The van der Waals surface area contributed by atoms with E-state index in [0.29, 0.717) is 23.7 Å². The van der Waals surface area contributed by atoms with Gasteiger partial charge in [-0.25, -0.2) is 0 Å². The molecular weight excluding hydrogens is 434 g/mol. The van der Waals surface area contributed by atoms with Gasteiger partial charge in [-0.15, -0.1) is 0 Å². The quantitative estimate of drug-likeness (QED) is 0.571. The zero-order valence-corrected chi connectivity index (χ0v) is 19.3. The van der Waals surface area contributed by atoms with Gasteiger partial charge >= 0.3 is 0 Å². The molecule has 174 valence electrons. The van der Waals surface area contributed by atoms with Gasteiger partial charge in [-0.05, 0) is 49.9 Å². The summed E-state index contributed by atoms with van der Waals surface area (Å²) in [5.41, 5.74) is -1.42. The third-order valence-corrected chi connectivity index (χ3v) is 7.60. The first kappa shape index (κ1) is 23.0. The average molecular weight is 464 g/mol. The molecule has 9 heteroatoms. The lowest BCUT2D eigenvalue weighted by Crippen LogP contribution is -2.54. The summed E-state index contributed by atoms with van der Waals surface area (Å²) in [4.78, 5) is 41.6. The lowest BCUT2D eigenvalue weighted by atomic mass is 9.62. The van der Waals surface area contributed by atoms with E-state index >= 15 is 0 Å². The Labute approximate surface area is 192 Å². The van der Waals surface area contributed by atoms with Crippen molar-refractivity contribution in [1.29, 1.82) is 0 Å². The Morgan fingerprint density at radius 2 is 1.97 bits per heavy atom. The summed E-state index contributed by atoms with van der Waals surface area (Å²) < 4.78 is 6.55. The van der Waals surface area contributed by atoms with E-state index in [-0.39, 0.29) is 30.9 Å². The first-order valence-electron chi connectivity index (χ1n) is 11.1. The van der Waals surface area contributed by atoms with Crippen LogP contribution >= 0.6 is 11.6 Å². The highest BCUT2D eigenvalue weighted by atomic mass is 35.5. The van der Waals surface area contributed by atoms with E-state index in [0.717, 1.165) is 6.42 Å². The molecule has 3 heterocycles. The minimum atomic E-state index is -1.12. The standard InChI is InChI=1S/C23H30ClN3O5/c1-4-9-25-19(29)16-17-21(31)27(10-11-28)18(23(17)12-13(2)22(16,3)32-23)20(30)26-15-7-5-14(24)6-8-15/h5-8,13,16-18,28H,4,9-12H2,1-3H3,(H,25,29)(H,26,30)/t13?,16-,17-,18?,22+,23?/m0/s1. The predicted octanol–water partition coefficient (Wildman–Crippen LogP) is 1.81. The fourth-order valence-corrected chi connectivity index (χ4v) is 6.02. The average Bonchev–Trinajstić information content (AvgIpc) is 3.25. The number of nitrogens with one attached hydrogen (secondary N) is 2. The van der Waals surface area contributed by atoms with Crippen molar-refractivity contribution < 1.29 is 24.2 Å². The summed E-state index contributed by atoms with van der Waals surface area (Å²) in [7, 11) is 0. The van der Waals surface area contributed by atoms with E-state index < -0.39 is 35.0 Å². The number of hydrogen-bond acceptors (Lipinski definition) is 5. The van der Waals surface area contributed by atoms with Gasteiger partial charge in [0.25, 0.3) is 0 Å². The van der Waals surface area contributed by atoms with Crippen LogP contribution in [0.1, 0.15) is 33.6 Å². The molecule has 3 aliphatic rings. The molecule has 0 radical (unpaired) electrons. The van der Waals surface area contributed by atoms with Crippen LogP contribution in [0.3, 0.4) is 0 Å². The van der Waals surface area contributed by atoms with Gasteiger partial charge in [-0.3, -0.25) is 14.4 Å². The van der Waals surface area contributed by atoms with Gasteiger partial charge in [0.1, 0.15) is 11.6 Å². The molecule has 2 bridgehead atoms. The molecule has 0 aromatic heterocycles. The molecule has 3 aliphatic heterocycles. The SMILES string of the molecule is CCCNC(=O)[C@@H]1[C@H]2C(=O)N(CCO)C(C(=O)Nc3ccc(Cl)cc3)C23CC(C)[C@@]1(C)O3. The topological polar surface area (TPSA) is 108 Å². The lowest BCUT2D eigenvalue weighted by Gasteiger charge is -2.36. The van der Waals surface area contributed by atoms with Crippen LogP contribution in [0.5, 0.6) is 0 Å². The number of fused-ring (bicyclic) bond motifs is 1. The fraction of sp³-hybridized carbons (Fsp3) is 0.609. The molecule has 1 aromatic rings. The summed E-state index contributed by atoms with van der Waals surface area (Å²) in [6, 6.07) is 5.74. The van der Waals surface area contributed by atoms with Crippen molar-refractivity contribution in [3.63, 3.8) is 0 Å². The summed E-state index contributed by atoms with van der Waals surface area (Å²) in [5.74, 6) is -2.43. The minimum absolute atomic E-state index is 0.00641. The van der Waals surface area contributed by atoms with Crippen LogP contribution in [0, 0.1) is 17.8 Å². The number of hydrogen-bond donors (Lipinski definition) is 3. The number of amides is 3. The molecule has 3 fully saturated rings. The summed E-state index contributed by atoms with van der Waals surface area (Å²) in [5, 5.41) is 16.0. The second-order valence-electron chi connectivity index (χ2n) is 9.25. The maximum atomic E-state index is 13.6. The number of β-amino-alcohol motifs (C(OH)–C–C–N with tert-alkyl or cyclic N) is 1. The molecule has 3 amide bonds. The number of aliphatic hydroxyl groups excluding tert-OH is 1. The molecule has 1 aromatic carbocycles. The molecule has 6 atom stereocenters. The normalized spacial score (nSPS) is 35.2. The molecule has 0 aliphatic carbocycles. The number of likely N-dealkylation sites (tertiary alicyclic amines) is 1. The Kier molecular flexibility index (Phi) is 5.98. The Bertz CT molecular complexity index is 925. The van der Waals surface area contributed by atoms with Crippen molar-refractivity contribution in [1.82, 2.24) is 10.2 Å². The van der Waals surface area contributed by atoms with E-state index in [4.69, 9.17) is 16.3 Å². The molecule has 3 unspecified atom stereocenters. The van der Waals surface area contributed by atoms with Crippen molar-refractivity contribution in [3.8, 4) is 0 Å². The number of ether oxygens (including phenoxy) is 1. The number of anilines is 1. The Balaban J connectivity index is 1.72. The third-order valence-electron chi connectivity index (χ3n) is 7.35. The number of aliphatic hydroxyl groups is 1. The zero-order valence-electron chi connectivity index (χ0n) is 18.6. The highest BCUT2D eigenvalue weighted by Gasteiger charge is 2.79. The van der Waals surface area contributed by atoms with Crippen LogP contribution in [-0.2, 0) is 19.1 Å². The van der Waals surface area contributed by atoms with Crippen molar-refractivity contribution >= 4 is 35.0 Å². The zero-order chi connectivity index (χ0) is 23.3. The molecule has 0 saturated carbocycles. The maximum Gasteiger partial charge on any atom is 0.250 e. The van der Waals surface area contributed by atoms with Gasteiger partial charge in [0.2, 0.25) is 17.7 Å². The number of carbonyl (C=O) groups is 3. The fourth-order valence-electron chi connectivity index (χ4n) is 5.89. The molecule has 8 nitrogen and oxygen atoms in total. The molecule has 4 rings (SSSR count). The van der Waals surface area contributed by atoms with Crippen LogP contribution in [0.25, 0.3) is 0 Å². The van der Waals surface area contributed by atoms with Crippen LogP contribution in [0.4, 0.5) is 5.69 Å². The Hall–Kier alpha value is -2.16. The molecule has 32 heavy (non-hydrogen) atoms. The number of carbonyl (C=O) groups excluding carboxylic acids is 3. The number of benzene rings is 1. The smallest absolute Gasteiger partial charge is 0.250 e. The number of nitrogens with zero attached hydrogens (tertiary/aromatic N) is 1. The molecule has 3 N–H and O–H groups in total. The van der Waals surface area contributed by atoms with Crippen LogP contribution in [0.2, 0.25) is 5.02 Å². The first-order chi connectivity index (χ1) is 15.2. The third kappa shape index (κ3) is 3.31. The molecule has 3 saturated heterocycles. The van der Waals surface area contributed by atoms with Crippen LogP contribution in [0.15, 0.2) is 24.3 Å². The maximum absolute atomic E-state index is 13.6. The van der Waals surface area contributed by atoms with Gasteiger partial charge < -0.3 is 25.4 Å². The first-order valence-corrected chi connectivity index (χ1v) is 11.5. The van der Waals surface area contributed by atoms with E-state index in [1.54, 1.807) is 24.3 Å². The Morgan fingerprint density at radius 1 is 1.28 bits per heavy atom. The minimum Gasteiger partial charge on any atom is -0.395 e. The highest BCUT2D eigenvalue weighted by molar-refractivity contribution is 6.30. The van der Waals surface area contributed by atoms with Crippen molar-refractivity contribution in [2.24, 2.45) is 17.8 Å². The Morgan fingerprint density at radius 3 is 2.59 bits per heavy atom. The van der Waals surface area contributed by atoms with Crippen molar-refractivity contribution in [2.45, 2.75) is 50.9 Å². The summed E-state index contributed by atoms with van der Waals surface area (Å²) in [6.07, 6.45) is 1.26. The van der Waals surface area contributed by atoms with E-state index in [2.05, 4.69) is 10.6 Å². The van der Waals surface area contributed by atoms with Crippen molar-refractivity contribution in [2.75, 3.05) is 25.0 Å². The lowest BCUT2D eigenvalue weighted by molar-refractivity contribution is -0.146. The molecule has 1 spiro atoms. The molecular formula is C23H30ClN3O5. The van der Waals surface area contributed by atoms with Gasteiger partial charge in [-0.2, -0.15) is 0 Å². The van der Waals surface area contributed by atoms with Gasteiger partial charge in [0.05, 0.1) is 24.0 Å². The van der Waals surface area contributed by atoms with E-state index in [9.17, 15) is 19.5 Å². The highest BCUT2D eigenvalue weighted by Crippen LogP contribution is 2.65.